The van der Waals surface area contributed by atoms with Crippen LogP contribution in [0.5, 0.6) is 0 Å². The summed E-state index contributed by atoms with van der Waals surface area (Å²) in [6.45, 7) is 7.54. The number of nitrogens with one attached hydrogen (secondary N) is 1. The SMILES string of the molecule is CCNS(=O)(=O)c1ccccc1CC(=O)C(C)(C)C. The van der Waals surface area contributed by atoms with Crippen LogP contribution in [-0.2, 0) is 21.2 Å². The van der Waals surface area contributed by atoms with Gasteiger partial charge in [-0.05, 0) is 11.6 Å². The van der Waals surface area contributed by atoms with Gasteiger partial charge in [-0.3, -0.25) is 4.79 Å². The van der Waals surface area contributed by atoms with Gasteiger partial charge in [0.05, 0.1) is 4.90 Å². The van der Waals surface area contributed by atoms with E-state index < -0.39 is 15.4 Å². The third-order valence-corrected chi connectivity index (χ3v) is 4.43. The van der Waals surface area contributed by atoms with Crippen LogP contribution in [0.25, 0.3) is 0 Å². The molecule has 0 radical (unpaired) electrons. The van der Waals surface area contributed by atoms with Crippen LogP contribution in [-0.4, -0.2) is 20.7 Å². The first-order chi connectivity index (χ1) is 8.68. The van der Waals surface area contributed by atoms with E-state index in [9.17, 15) is 13.2 Å². The third kappa shape index (κ3) is 4.14. The Morgan fingerprint density at radius 1 is 1.21 bits per heavy atom. The van der Waals surface area contributed by atoms with Crippen LogP contribution in [0.2, 0.25) is 0 Å². The molecule has 1 N–H and O–H groups in total. The first kappa shape index (κ1) is 15.9. The molecule has 0 unspecified atom stereocenters. The van der Waals surface area contributed by atoms with Gasteiger partial charge in [0.2, 0.25) is 10.0 Å². The van der Waals surface area contributed by atoms with Crippen molar-refractivity contribution >= 4 is 15.8 Å². The second-order valence-corrected chi connectivity index (χ2v) is 7.19. The molecule has 0 fully saturated rings. The lowest BCUT2D eigenvalue weighted by Crippen LogP contribution is -2.26. The minimum absolute atomic E-state index is 0.0200. The first-order valence-electron chi connectivity index (χ1n) is 6.29. The molecule has 0 aliphatic carbocycles. The maximum atomic E-state index is 12.1. The highest BCUT2D eigenvalue weighted by molar-refractivity contribution is 7.89. The Kier molecular flexibility index (Phi) is 4.87. The average molecular weight is 283 g/mol. The van der Waals surface area contributed by atoms with Gasteiger partial charge in [-0.2, -0.15) is 0 Å². The maximum absolute atomic E-state index is 12.1. The molecule has 1 rings (SSSR count). The van der Waals surface area contributed by atoms with Crippen LogP contribution in [0.1, 0.15) is 33.3 Å². The summed E-state index contributed by atoms with van der Waals surface area (Å²) in [7, 11) is -3.53. The van der Waals surface area contributed by atoms with Crippen LogP contribution < -0.4 is 4.72 Å². The predicted octanol–water partition coefficient (Wildman–Crippen LogP) is 2.14. The van der Waals surface area contributed by atoms with E-state index in [2.05, 4.69) is 4.72 Å². The lowest BCUT2D eigenvalue weighted by Gasteiger charge is -2.18. The van der Waals surface area contributed by atoms with Gasteiger partial charge < -0.3 is 0 Å². The van der Waals surface area contributed by atoms with Gasteiger partial charge in [-0.15, -0.1) is 0 Å². The van der Waals surface area contributed by atoms with Crippen molar-refractivity contribution in [2.24, 2.45) is 5.41 Å². The molecule has 5 heteroatoms. The molecule has 1 aromatic rings. The van der Waals surface area contributed by atoms with Crippen LogP contribution in [0.3, 0.4) is 0 Å². The number of rotatable bonds is 5. The van der Waals surface area contributed by atoms with Crippen molar-refractivity contribution in [1.29, 1.82) is 0 Å². The highest BCUT2D eigenvalue weighted by Gasteiger charge is 2.24. The number of Topliss-reactive ketones (excluding diaryl/α,β-unsaturated/α-hetero) is 1. The fourth-order valence-electron chi connectivity index (χ4n) is 1.62. The van der Waals surface area contributed by atoms with Crippen LogP contribution in [0.15, 0.2) is 29.2 Å². The summed E-state index contributed by atoms with van der Waals surface area (Å²) < 4.78 is 26.6. The van der Waals surface area contributed by atoms with Crippen LogP contribution in [0.4, 0.5) is 0 Å². The Labute approximate surface area is 115 Å². The summed E-state index contributed by atoms with van der Waals surface area (Å²) in [5, 5.41) is 0. The monoisotopic (exact) mass is 283 g/mol. The largest absolute Gasteiger partial charge is 0.299 e. The summed E-state index contributed by atoms with van der Waals surface area (Å²) >= 11 is 0. The van der Waals surface area contributed by atoms with E-state index >= 15 is 0 Å². The van der Waals surface area contributed by atoms with Gasteiger partial charge in [0, 0.05) is 18.4 Å². The topological polar surface area (TPSA) is 63.2 Å². The highest BCUT2D eigenvalue weighted by atomic mass is 32.2. The molecule has 0 aromatic heterocycles. The van der Waals surface area contributed by atoms with E-state index in [-0.39, 0.29) is 17.1 Å². The Hall–Kier alpha value is -1.20. The molecule has 0 amide bonds. The molecular weight excluding hydrogens is 262 g/mol. The van der Waals surface area contributed by atoms with E-state index in [1.165, 1.54) is 6.07 Å². The molecule has 0 saturated heterocycles. The number of hydrogen-bond acceptors (Lipinski definition) is 3. The minimum Gasteiger partial charge on any atom is -0.299 e. The van der Waals surface area contributed by atoms with Crippen molar-refractivity contribution in [2.75, 3.05) is 6.54 Å². The van der Waals surface area contributed by atoms with Gasteiger partial charge in [-0.1, -0.05) is 45.9 Å². The minimum atomic E-state index is -3.53. The predicted molar refractivity (Wildman–Crippen MR) is 75.5 cm³/mol. The standard InChI is InChI=1S/C14H21NO3S/c1-5-15-19(17,18)12-9-7-6-8-11(12)10-13(16)14(2,3)4/h6-9,15H,5,10H2,1-4H3. The highest BCUT2D eigenvalue weighted by Crippen LogP contribution is 2.22. The lowest BCUT2D eigenvalue weighted by molar-refractivity contribution is -0.125. The molecule has 0 aliphatic heterocycles. The molecular formula is C14H21NO3S. The Balaban J connectivity index is 3.14. The van der Waals surface area contributed by atoms with Crippen molar-refractivity contribution in [3.63, 3.8) is 0 Å². The quantitative estimate of drug-likeness (QED) is 0.900. The van der Waals surface area contributed by atoms with E-state index in [0.29, 0.717) is 12.1 Å². The Morgan fingerprint density at radius 2 is 1.79 bits per heavy atom. The van der Waals surface area contributed by atoms with Crippen molar-refractivity contribution in [3.8, 4) is 0 Å². The van der Waals surface area contributed by atoms with Gasteiger partial charge in [0.1, 0.15) is 5.78 Å². The first-order valence-corrected chi connectivity index (χ1v) is 7.77. The fourth-order valence-corrected chi connectivity index (χ4v) is 2.90. The van der Waals surface area contributed by atoms with Gasteiger partial charge in [0.15, 0.2) is 0 Å². The number of carbonyl (C=O) groups is 1. The zero-order chi connectivity index (χ0) is 14.7. The Morgan fingerprint density at radius 3 is 2.32 bits per heavy atom. The van der Waals surface area contributed by atoms with Crippen molar-refractivity contribution in [3.05, 3.63) is 29.8 Å². The molecule has 106 valence electrons. The Bertz CT molecular complexity index is 556. The number of carbonyl (C=O) groups excluding carboxylic acids is 1. The van der Waals surface area contributed by atoms with E-state index in [1.807, 2.05) is 20.8 Å². The van der Waals surface area contributed by atoms with Gasteiger partial charge in [-0.25, -0.2) is 13.1 Å². The zero-order valence-corrected chi connectivity index (χ0v) is 12.7. The average Bonchev–Trinajstić information content (AvgIpc) is 2.28. The zero-order valence-electron chi connectivity index (χ0n) is 11.9. The summed E-state index contributed by atoms with van der Waals surface area (Å²) in [6, 6.07) is 6.63. The number of ketones is 1. The lowest BCUT2D eigenvalue weighted by atomic mass is 9.87. The summed E-state index contributed by atoms with van der Waals surface area (Å²) in [5.41, 5.74) is 0.0677. The van der Waals surface area contributed by atoms with E-state index in [4.69, 9.17) is 0 Å². The van der Waals surface area contributed by atoms with E-state index in [0.717, 1.165) is 0 Å². The molecule has 4 nitrogen and oxygen atoms in total. The molecule has 1 aromatic carbocycles. The van der Waals surface area contributed by atoms with Crippen molar-refractivity contribution < 1.29 is 13.2 Å². The van der Waals surface area contributed by atoms with Crippen LogP contribution in [0, 0.1) is 5.41 Å². The fraction of sp³-hybridized carbons (Fsp3) is 0.500. The van der Waals surface area contributed by atoms with Crippen molar-refractivity contribution in [1.82, 2.24) is 4.72 Å². The molecule has 0 aliphatic rings. The summed E-state index contributed by atoms with van der Waals surface area (Å²) in [4.78, 5) is 12.2. The second kappa shape index (κ2) is 5.84. The molecule has 0 spiro atoms. The smallest absolute Gasteiger partial charge is 0.240 e. The third-order valence-electron chi connectivity index (χ3n) is 2.78. The number of benzene rings is 1. The normalized spacial score (nSPS) is 12.4. The summed E-state index contributed by atoms with van der Waals surface area (Å²) in [5.74, 6) is 0.0200. The van der Waals surface area contributed by atoms with E-state index in [1.54, 1.807) is 25.1 Å². The maximum Gasteiger partial charge on any atom is 0.240 e. The molecule has 0 bridgehead atoms. The molecule has 19 heavy (non-hydrogen) atoms. The molecule has 0 heterocycles. The number of hydrogen-bond donors (Lipinski definition) is 1. The molecule has 0 atom stereocenters. The van der Waals surface area contributed by atoms with Gasteiger partial charge >= 0.3 is 0 Å². The van der Waals surface area contributed by atoms with Crippen LogP contribution >= 0.6 is 0 Å². The number of sulfonamides is 1. The second-order valence-electron chi connectivity index (χ2n) is 5.46. The van der Waals surface area contributed by atoms with Crippen molar-refractivity contribution in [2.45, 2.75) is 39.0 Å². The molecule has 0 saturated carbocycles. The summed E-state index contributed by atoms with van der Waals surface area (Å²) in [6.07, 6.45) is 0.129. The van der Waals surface area contributed by atoms with Gasteiger partial charge in [0.25, 0.3) is 0 Å².